The van der Waals surface area contributed by atoms with Gasteiger partial charge in [-0.1, -0.05) is 152 Å². The molecule has 0 unspecified atom stereocenters. The van der Waals surface area contributed by atoms with E-state index >= 15 is 0 Å². The number of fused-ring (bicyclic) bond motifs is 11. The van der Waals surface area contributed by atoms with Gasteiger partial charge in [0.1, 0.15) is 11.2 Å². The van der Waals surface area contributed by atoms with Crippen molar-refractivity contribution in [3.8, 4) is 33.4 Å². The van der Waals surface area contributed by atoms with Gasteiger partial charge in [-0.05, 0) is 107 Å². The maximum atomic E-state index is 6.44. The van der Waals surface area contributed by atoms with Crippen molar-refractivity contribution in [1.29, 1.82) is 0 Å². The van der Waals surface area contributed by atoms with E-state index in [0.29, 0.717) is 0 Å². The fraction of sp³-hybridized carbons (Fsp3) is 0. The largest absolute Gasteiger partial charge is 0.456 e. The van der Waals surface area contributed by atoms with Gasteiger partial charge in [0.15, 0.2) is 0 Å². The van der Waals surface area contributed by atoms with Crippen molar-refractivity contribution in [2.75, 3.05) is 0 Å². The predicted molar refractivity (Wildman–Crippen MR) is 233 cm³/mol. The average Bonchev–Trinajstić information content (AvgIpc) is 3.79. The minimum Gasteiger partial charge on any atom is -0.456 e. The first-order valence-corrected chi connectivity index (χ1v) is 19.3. The lowest BCUT2D eigenvalue weighted by molar-refractivity contribution is 0.670. The third-order valence-electron chi connectivity index (χ3n) is 11.4. The molecule has 1 nitrogen and oxygen atoms in total. The summed E-state index contributed by atoms with van der Waals surface area (Å²) >= 11 is 1.84. The van der Waals surface area contributed by atoms with Crippen LogP contribution in [0.3, 0.4) is 0 Å². The number of hydrogen-bond acceptors (Lipinski definition) is 2. The van der Waals surface area contributed by atoms with Gasteiger partial charge in [0, 0.05) is 30.9 Å². The van der Waals surface area contributed by atoms with Crippen molar-refractivity contribution >= 4 is 96.5 Å². The van der Waals surface area contributed by atoms with Gasteiger partial charge in [0.05, 0.1) is 0 Å². The van der Waals surface area contributed by atoms with Gasteiger partial charge in [-0.2, -0.15) is 0 Å². The van der Waals surface area contributed by atoms with Crippen molar-refractivity contribution in [3.05, 3.63) is 182 Å². The first kappa shape index (κ1) is 29.8. The van der Waals surface area contributed by atoms with Gasteiger partial charge in [-0.15, -0.1) is 11.3 Å². The van der Waals surface area contributed by atoms with Gasteiger partial charge >= 0.3 is 0 Å². The highest BCUT2D eigenvalue weighted by molar-refractivity contribution is 7.25. The van der Waals surface area contributed by atoms with Crippen LogP contribution in [0.2, 0.25) is 0 Å². The molecule has 0 N–H and O–H groups in total. The fourth-order valence-corrected chi connectivity index (χ4v) is 10.2. The van der Waals surface area contributed by atoms with E-state index in [2.05, 4.69) is 182 Å². The second kappa shape index (κ2) is 11.4. The van der Waals surface area contributed by atoms with Gasteiger partial charge < -0.3 is 4.42 Å². The molecular formula is C52H30OS. The Kier molecular flexibility index (Phi) is 6.28. The van der Waals surface area contributed by atoms with Gasteiger partial charge in [-0.25, -0.2) is 0 Å². The van der Waals surface area contributed by atoms with Crippen molar-refractivity contribution in [2.24, 2.45) is 0 Å². The Balaban J connectivity index is 1.09. The second-order valence-corrected chi connectivity index (χ2v) is 15.4. The number of thiophene rings is 1. The molecule has 0 amide bonds. The van der Waals surface area contributed by atoms with Crippen LogP contribution in [0.25, 0.3) is 119 Å². The molecule has 12 aromatic rings. The molecule has 0 atom stereocenters. The summed E-state index contributed by atoms with van der Waals surface area (Å²) in [7, 11) is 0. The second-order valence-electron chi connectivity index (χ2n) is 14.3. The third-order valence-corrected chi connectivity index (χ3v) is 12.6. The maximum absolute atomic E-state index is 6.44. The third kappa shape index (κ3) is 4.26. The zero-order chi connectivity index (χ0) is 35.3. The Labute approximate surface area is 314 Å². The summed E-state index contributed by atoms with van der Waals surface area (Å²) < 4.78 is 8.97. The van der Waals surface area contributed by atoms with Crippen LogP contribution in [0.15, 0.2) is 186 Å². The highest BCUT2D eigenvalue weighted by Crippen LogP contribution is 2.47. The molecule has 0 aliphatic carbocycles. The number of hydrogen-bond donors (Lipinski definition) is 0. The zero-order valence-electron chi connectivity index (χ0n) is 29.1. The zero-order valence-corrected chi connectivity index (χ0v) is 30.0. The summed E-state index contributed by atoms with van der Waals surface area (Å²) in [6.07, 6.45) is 0. The fourth-order valence-electron chi connectivity index (χ4n) is 9.09. The number of rotatable bonds is 3. The van der Waals surface area contributed by atoms with Crippen LogP contribution in [0.1, 0.15) is 0 Å². The molecular weight excluding hydrogens is 673 g/mol. The van der Waals surface area contributed by atoms with E-state index in [9.17, 15) is 0 Å². The lowest BCUT2D eigenvalue weighted by atomic mass is 9.84. The van der Waals surface area contributed by atoms with Crippen LogP contribution in [-0.2, 0) is 0 Å². The Morgan fingerprint density at radius 2 is 0.907 bits per heavy atom. The molecule has 0 saturated carbocycles. The van der Waals surface area contributed by atoms with Crippen molar-refractivity contribution in [3.63, 3.8) is 0 Å². The molecule has 10 aromatic carbocycles. The van der Waals surface area contributed by atoms with Crippen molar-refractivity contribution in [1.82, 2.24) is 0 Å². The molecule has 2 heteroatoms. The summed E-state index contributed by atoms with van der Waals surface area (Å²) in [5, 5.41) is 15.0. The Morgan fingerprint density at radius 3 is 1.65 bits per heavy atom. The monoisotopic (exact) mass is 702 g/mol. The molecule has 250 valence electrons. The molecule has 0 aliphatic rings. The minimum atomic E-state index is 0.938. The van der Waals surface area contributed by atoms with E-state index in [-0.39, 0.29) is 0 Å². The average molecular weight is 703 g/mol. The van der Waals surface area contributed by atoms with E-state index in [1.54, 1.807) is 0 Å². The Hall–Kier alpha value is -6.74. The lowest BCUT2D eigenvalue weighted by Gasteiger charge is -2.19. The first-order chi connectivity index (χ1) is 26.8. The van der Waals surface area contributed by atoms with Crippen LogP contribution in [0.4, 0.5) is 0 Å². The molecule has 54 heavy (non-hydrogen) atoms. The van der Waals surface area contributed by atoms with Crippen LogP contribution >= 0.6 is 11.3 Å². The van der Waals surface area contributed by atoms with Gasteiger partial charge in [-0.3, -0.25) is 0 Å². The quantitative estimate of drug-likeness (QED) is 0.167. The minimum absolute atomic E-state index is 0.938. The Bertz CT molecular complexity index is 3440. The summed E-state index contributed by atoms with van der Waals surface area (Å²) in [6.45, 7) is 0. The van der Waals surface area contributed by atoms with Crippen LogP contribution in [0.5, 0.6) is 0 Å². The van der Waals surface area contributed by atoms with E-state index < -0.39 is 0 Å². The van der Waals surface area contributed by atoms with E-state index in [1.807, 2.05) is 11.3 Å². The molecule has 0 spiro atoms. The number of benzene rings is 10. The van der Waals surface area contributed by atoms with Crippen molar-refractivity contribution in [2.45, 2.75) is 0 Å². The topological polar surface area (TPSA) is 13.1 Å². The van der Waals surface area contributed by atoms with Gasteiger partial charge in [0.25, 0.3) is 0 Å². The van der Waals surface area contributed by atoms with E-state index in [0.717, 1.165) is 11.2 Å². The SMILES string of the molecule is c1ccc(-c2c3ccccc3c(-c3ccc(-c4ccc5sc6cc7oc8ccc9ccccc9c8c7cc6c5c4)c4ccccc34)c3ccccc23)cc1. The standard InChI is InChI=1S/C52H30OS/c1-2-13-32(14-3-1)50-38-18-8-10-20-40(38)51(41-21-11-9-19-39(41)50)42-25-24-34(36-16-6-7-17-37(36)42)33-23-27-48-43(28-33)44-29-45-47(30-49(44)54-48)53-46-26-22-31-12-4-5-15-35(31)52(45)46/h1-30H. The normalized spacial score (nSPS) is 12.1. The highest BCUT2D eigenvalue weighted by Gasteiger charge is 2.20. The highest BCUT2D eigenvalue weighted by atomic mass is 32.1. The summed E-state index contributed by atoms with van der Waals surface area (Å²) in [5.41, 5.74) is 9.41. The lowest BCUT2D eigenvalue weighted by Crippen LogP contribution is -1.92. The molecule has 2 heterocycles. The molecule has 2 aromatic heterocycles. The molecule has 0 aliphatic heterocycles. The number of furan rings is 1. The molecule has 12 rings (SSSR count). The van der Waals surface area contributed by atoms with Crippen LogP contribution in [0, 0.1) is 0 Å². The van der Waals surface area contributed by atoms with Crippen molar-refractivity contribution < 1.29 is 4.42 Å². The summed E-state index contributed by atoms with van der Waals surface area (Å²) in [5.74, 6) is 0. The van der Waals surface area contributed by atoms with Crippen LogP contribution < -0.4 is 0 Å². The van der Waals surface area contributed by atoms with Gasteiger partial charge in [0.2, 0.25) is 0 Å². The predicted octanol–water partition coefficient (Wildman–Crippen LogP) is 15.6. The van der Waals surface area contributed by atoms with Crippen LogP contribution in [-0.4, -0.2) is 0 Å². The molecule has 0 radical (unpaired) electrons. The summed E-state index contributed by atoms with van der Waals surface area (Å²) in [6, 6.07) is 66.8. The molecule has 0 saturated heterocycles. The smallest absolute Gasteiger partial charge is 0.136 e. The first-order valence-electron chi connectivity index (χ1n) is 18.5. The molecule has 0 bridgehead atoms. The molecule has 0 fully saturated rings. The Morgan fingerprint density at radius 1 is 0.315 bits per heavy atom. The summed E-state index contributed by atoms with van der Waals surface area (Å²) in [4.78, 5) is 0. The van der Waals surface area contributed by atoms with E-state index in [4.69, 9.17) is 4.42 Å². The van der Waals surface area contributed by atoms with E-state index in [1.165, 1.54) is 107 Å². The maximum Gasteiger partial charge on any atom is 0.136 e.